The molecule has 3 aliphatic heterocycles. The minimum atomic E-state index is -0.277. The van der Waals surface area contributed by atoms with E-state index in [9.17, 15) is 9.18 Å². The molecule has 0 bridgehead atoms. The summed E-state index contributed by atoms with van der Waals surface area (Å²) in [6.07, 6.45) is 3.06. The van der Waals surface area contributed by atoms with Gasteiger partial charge in [0.25, 0.3) is 6.47 Å². The van der Waals surface area contributed by atoms with E-state index < -0.39 is 0 Å². The van der Waals surface area contributed by atoms with Crippen LogP contribution in [0.3, 0.4) is 0 Å². The van der Waals surface area contributed by atoms with Crippen LogP contribution in [0.2, 0.25) is 0 Å². The molecule has 1 spiro atoms. The summed E-state index contributed by atoms with van der Waals surface area (Å²) >= 11 is 0. The molecule has 0 radical (unpaired) electrons. The van der Waals surface area contributed by atoms with Crippen molar-refractivity contribution in [1.82, 2.24) is 19.7 Å². The molecule has 4 heterocycles. The molecule has 1 unspecified atom stereocenters. The molecule has 2 N–H and O–H groups in total. The van der Waals surface area contributed by atoms with Crippen molar-refractivity contribution in [3.8, 4) is 0 Å². The number of likely N-dealkylation sites (tertiary alicyclic amines) is 1. The molecular formula is C20H26FN5O4. The van der Waals surface area contributed by atoms with Crippen LogP contribution in [0.1, 0.15) is 25.1 Å². The third-order valence-electron chi connectivity index (χ3n) is 6.29. The maximum atomic E-state index is 13.5. The summed E-state index contributed by atoms with van der Waals surface area (Å²) in [5.74, 6) is 0.506. The van der Waals surface area contributed by atoms with E-state index in [0.29, 0.717) is 25.0 Å². The molecule has 9 nitrogen and oxygen atoms in total. The Hall–Kier alpha value is -2.72. The summed E-state index contributed by atoms with van der Waals surface area (Å²) in [5, 5.41) is 13.4. The van der Waals surface area contributed by atoms with E-state index in [1.807, 2.05) is 6.07 Å². The van der Waals surface area contributed by atoms with Gasteiger partial charge in [0.1, 0.15) is 18.0 Å². The molecule has 0 aliphatic carbocycles. The number of anilines is 1. The van der Waals surface area contributed by atoms with Crippen molar-refractivity contribution >= 4 is 12.2 Å². The van der Waals surface area contributed by atoms with Crippen LogP contribution in [0.15, 0.2) is 29.1 Å². The quantitative estimate of drug-likeness (QED) is 0.702. The summed E-state index contributed by atoms with van der Waals surface area (Å²) in [5.41, 5.74) is 0.545. The Kier molecular flexibility index (Phi) is 5.87. The van der Waals surface area contributed by atoms with Gasteiger partial charge in [-0.05, 0) is 37.5 Å². The smallest absolute Gasteiger partial charge is 0.343 e. The highest BCUT2D eigenvalue weighted by molar-refractivity contribution is 5.46. The number of benzene rings is 1. The zero-order chi connectivity index (χ0) is 21.1. The topological polar surface area (TPSA) is 104 Å². The van der Waals surface area contributed by atoms with E-state index in [1.54, 1.807) is 16.7 Å². The number of halogens is 1. The molecule has 5 rings (SSSR count). The van der Waals surface area contributed by atoms with Crippen molar-refractivity contribution in [2.24, 2.45) is 0 Å². The van der Waals surface area contributed by atoms with Gasteiger partial charge >= 0.3 is 5.69 Å². The fraction of sp³-hybridized carbons (Fsp3) is 0.550. The standard InChI is InChI=1S/C19H24FN5O2.CH2O2/c20-14-2-1-3-16(10-14)23-7-4-15(5-8-23)24-9-6-19(12-24)13-25-17(11-27-19)21-22-18(25)26;2-1-3/h1-3,10,15H,4-9,11-13H2,(H,22,26);1H,(H,2,3). The number of ether oxygens (including phenoxy) is 1. The number of nitrogens with zero attached hydrogens (tertiary/aromatic N) is 4. The van der Waals surface area contributed by atoms with E-state index in [4.69, 9.17) is 14.6 Å². The number of rotatable bonds is 2. The molecule has 0 saturated carbocycles. The second-order valence-corrected chi connectivity index (χ2v) is 8.03. The van der Waals surface area contributed by atoms with Gasteiger partial charge in [-0.3, -0.25) is 14.3 Å². The molecule has 2 fully saturated rings. The average Bonchev–Trinajstić information content (AvgIpc) is 3.33. The molecule has 2 aromatic rings. The van der Waals surface area contributed by atoms with Crippen LogP contribution in [0.25, 0.3) is 0 Å². The van der Waals surface area contributed by atoms with Crippen molar-refractivity contribution in [1.29, 1.82) is 0 Å². The highest BCUT2D eigenvalue weighted by Crippen LogP contribution is 2.34. The van der Waals surface area contributed by atoms with E-state index in [-0.39, 0.29) is 23.6 Å². The van der Waals surface area contributed by atoms with Crippen LogP contribution < -0.4 is 10.6 Å². The molecule has 1 aromatic heterocycles. The Bertz CT molecular complexity index is 939. The van der Waals surface area contributed by atoms with Crippen LogP contribution in [-0.2, 0) is 22.7 Å². The first kappa shape index (κ1) is 20.5. The van der Waals surface area contributed by atoms with Gasteiger partial charge < -0.3 is 14.7 Å². The zero-order valence-corrected chi connectivity index (χ0v) is 16.7. The fourth-order valence-electron chi connectivity index (χ4n) is 4.77. The molecule has 162 valence electrons. The minimum absolute atomic E-state index is 0.144. The van der Waals surface area contributed by atoms with Gasteiger partial charge in [-0.1, -0.05) is 6.07 Å². The average molecular weight is 419 g/mol. The van der Waals surface area contributed by atoms with Crippen molar-refractivity contribution < 1.29 is 19.0 Å². The first-order valence-electron chi connectivity index (χ1n) is 10.1. The number of aromatic nitrogens is 3. The highest BCUT2D eigenvalue weighted by atomic mass is 19.1. The highest BCUT2D eigenvalue weighted by Gasteiger charge is 2.45. The van der Waals surface area contributed by atoms with Gasteiger partial charge in [0.15, 0.2) is 5.82 Å². The Morgan fingerprint density at radius 3 is 2.77 bits per heavy atom. The lowest BCUT2D eigenvalue weighted by atomic mass is 10.0. The minimum Gasteiger partial charge on any atom is -0.483 e. The monoisotopic (exact) mass is 419 g/mol. The number of aromatic amines is 1. The van der Waals surface area contributed by atoms with Gasteiger partial charge in [-0.15, -0.1) is 0 Å². The Balaban J connectivity index is 0.000000687. The van der Waals surface area contributed by atoms with Crippen molar-refractivity contribution in [2.45, 2.75) is 44.1 Å². The fourth-order valence-corrected chi connectivity index (χ4v) is 4.77. The zero-order valence-electron chi connectivity index (χ0n) is 16.7. The number of hydrogen-bond acceptors (Lipinski definition) is 6. The number of carboxylic acid groups (broad SMARTS) is 1. The van der Waals surface area contributed by atoms with E-state index >= 15 is 0 Å². The number of carbonyl (C=O) groups is 1. The normalized spacial score (nSPS) is 24.4. The summed E-state index contributed by atoms with van der Waals surface area (Å²) in [6.45, 7) is 4.44. The molecule has 2 saturated heterocycles. The lowest BCUT2D eigenvalue weighted by Gasteiger charge is -2.39. The van der Waals surface area contributed by atoms with Crippen LogP contribution in [0, 0.1) is 5.82 Å². The number of hydrogen-bond donors (Lipinski definition) is 2. The Morgan fingerprint density at radius 2 is 2.03 bits per heavy atom. The summed E-state index contributed by atoms with van der Waals surface area (Å²) < 4.78 is 21.4. The molecule has 10 heteroatoms. The molecule has 1 atom stereocenters. The van der Waals surface area contributed by atoms with Crippen LogP contribution in [0.5, 0.6) is 0 Å². The number of nitrogens with one attached hydrogen (secondary N) is 1. The van der Waals surface area contributed by atoms with Crippen LogP contribution in [-0.4, -0.2) is 69.1 Å². The Labute approximate surface area is 173 Å². The van der Waals surface area contributed by atoms with Crippen molar-refractivity contribution in [3.05, 3.63) is 46.4 Å². The summed E-state index contributed by atoms with van der Waals surface area (Å²) in [6, 6.07) is 7.36. The third kappa shape index (κ3) is 4.10. The molecule has 0 amide bonds. The molecule has 1 aromatic carbocycles. The van der Waals surface area contributed by atoms with Crippen LogP contribution >= 0.6 is 0 Å². The molecular weight excluding hydrogens is 393 g/mol. The predicted molar refractivity (Wildman–Crippen MR) is 107 cm³/mol. The second-order valence-electron chi connectivity index (χ2n) is 8.03. The van der Waals surface area contributed by atoms with Gasteiger partial charge in [0.05, 0.1) is 6.54 Å². The van der Waals surface area contributed by atoms with E-state index in [2.05, 4.69) is 20.0 Å². The third-order valence-corrected chi connectivity index (χ3v) is 6.29. The van der Waals surface area contributed by atoms with Gasteiger partial charge in [-0.25, -0.2) is 14.3 Å². The molecule has 30 heavy (non-hydrogen) atoms. The SMILES string of the molecule is O=CO.O=c1[nH]nc2n1CC1(CCN(C3CCN(c4cccc(F)c4)CC3)C1)OC2. The summed E-state index contributed by atoms with van der Waals surface area (Å²) in [4.78, 5) is 25.1. The van der Waals surface area contributed by atoms with Crippen molar-refractivity contribution in [2.75, 3.05) is 31.1 Å². The maximum Gasteiger partial charge on any atom is 0.343 e. The number of H-pyrrole nitrogens is 1. The van der Waals surface area contributed by atoms with Gasteiger partial charge in [0, 0.05) is 37.9 Å². The molecule has 3 aliphatic rings. The lowest BCUT2D eigenvalue weighted by Crippen LogP contribution is -2.49. The number of fused-ring (bicyclic) bond motifs is 1. The van der Waals surface area contributed by atoms with Gasteiger partial charge in [0.2, 0.25) is 0 Å². The van der Waals surface area contributed by atoms with Crippen LogP contribution in [0.4, 0.5) is 10.1 Å². The van der Waals surface area contributed by atoms with E-state index in [1.165, 1.54) is 6.07 Å². The maximum absolute atomic E-state index is 13.5. The predicted octanol–water partition coefficient (Wildman–Crippen LogP) is 1.05. The number of piperidine rings is 1. The largest absolute Gasteiger partial charge is 0.483 e. The Morgan fingerprint density at radius 1 is 1.27 bits per heavy atom. The van der Waals surface area contributed by atoms with E-state index in [0.717, 1.165) is 51.1 Å². The lowest BCUT2D eigenvalue weighted by molar-refractivity contribution is -0.122. The first-order chi connectivity index (χ1) is 14.5. The second kappa shape index (κ2) is 8.57. The summed E-state index contributed by atoms with van der Waals surface area (Å²) in [7, 11) is 0. The van der Waals surface area contributed by atoms with Crippen molar-refractivity contribution in [3.63, 3.8) is 0 Å². The first-order valence-corrected chi connectivity index (χ1v) is 10.1. The van der Waals surface area contributed by atoms with Gasteiger partial charge in [-0.2, -0.15) is 5.10 Å².